The highest BCUT2D eigenvalue weighted by Gasteiger charge is 2.22. The fourth-order valence-electron chi connectivity index (χ4n) is 2.29. The van der Waals surface area contributed by atoms with Crippen LogP contribution in [0.3, 0.4) is 0 Å². The summed E-state index contributed by atoms with van der Waals surface area (Å²) in [6.45, 7) is 3.79. The molecule has 1 atom stereocenters. The van der Waals surface area contributed by atoms with E-state index in [1.54, 1.807) is 0 Å². The number of carboxylic acid groups (broad SMARTS) is 1. The quantitative estimate of drug-likeness (QED) is 0.715. The molecule has 0 saturated carbocycles. The number of nitrogens with two attached hydrogens (primary N) is 1. The number of nitrogen functional groups attached to an aromatic ring is 1. The van der Waals surface area contributed by atoms with Crippen molar-refractivity contribution in [2.75, 3.05) is 51.3 Å². The fourth-order valence-corrected chi connectivity index (χ4v) is 2.29. The first kappa shape index (κ1) is 14.5. The third kappa shape index (κ3) is 3.37. The molecular weight excluding hydrogens is 258 g/mol. The number of hydrogen-bond donors (Lipinski definition) is 3. The third-order valence-electron chi connectivity index (χ3n) is 3.66. The Hall–Kier alpha value is -1.86. The first-order valence-electron chi connectivity index (χ1n) is 6.59. The van der Waals surface area contributed by atoms with Gasteiger partial charge in [0.2, 0.25) is 0 Å². The van der Waals surface area contributed by atoms with Crippen LogP contribution in [-0.4, -0.2) is 72.2 Å². The number of nitrogens with zero attached hydrogens (tertiary/aromatic N) is 3. The van der Waals surface area contributed by atoms with E-state index in [1.165, 1.54) is 12.3 Å². The van der Waals surface area contributed by atoms with Crippen LogP contribution in [0, 0.1) is 0 Å². The van der Waals surface area contributed by atoms with Gasteiger partial charge in [0.25, 0.3) is 0 Å². The summed E-state index contributed by atoms with van der Waals surface area (Å²) in [5.41, 5.74) is 5.84. The topological polar surface area (TPSA) is 94.7 Å². The molecule has 1 unspecified atom stereocenters. The Labute approximate surface area is 118 Å². The average molecular weight is 279 g/mol. The standard InChI is InChI=1S/C13H21N5O2/c1-17-3-4-18(2)9(8-17)6-15-12-5-10(13(19)20)11(14)7-16-12/h5,7,9H,3-4,6,8,14H2,1-2H3,(H,15,16)(H,19,20). The van der Waals surface area contributed by atoms with E-state index in [-0.39, 0.29) is 11.3 Å². The molecule has 2 heterocycles. The minimum Gasteiger partial charge on any atom is -0.478 e. The highest BCUT2D eigenvalue weighted by atomic mass is 16.4. The fraction of sp³-hybridized carbons (Fsp3) is 0.538. The molecule has 0 aromatic carbocycles. The van der Waals surface area contributed by atoms with Gasteiger partial charge < -0.3 is 21.1 Å². The number of pyridine rings is 1. The van der Waals surface area contributed by atoms with Crippen molar-refractivity contribution >= 4 is 17.5 Å². The van der Waals surface area contributed by atoms with Crippen LogP contribution in [0.25, 0.3) is 0 Å². The van der Waals surface area contributed by atoms with Gasteiger partial charge in [0, 0.05) is 32.2 Å². The number of rotatable bonds is 4. The number of carbonyl (C=O) groups is 1. The van der Waals surface area contributed by atoms with Crippen LogP contribution in [0.4, 0.5) is 11.5 Å². The van der Waals surface area contributed by atoms with Crippen LogP contribution in [0.5, 0.6) is 0 Å². The Morgan fingerprint density at radius 2 is 2.30 bits per heavy atom. The lowest BCUT2D eigenvalue weighted by molar-refractivity contribution is 0.0698. The summed E-state index contributed by atoms with van der Waals surface area (Å²) in [5, 5.41) is 12.2. The molecule has 110 valence electrons. The average Bonchev–Trinajstić information content (AvgIpc) is 2.41. The maximum absolute atomic E-state index is 11.0. The van der Waals surface area contributed by atoms with Gasteiger partial charge in [-0.25, -0.2) is 9.78 Å². The largest absolute Gasteiger partial charge is 0.478 e. The molecule has 0 amide bonds. The van der Waals surface area contributed by atoms with E-state index >= 15 is 0 Å². The van der Waals surface area contributed by atoms with Gasteiger partial charge in [0.1, 0.15) is 5.82 Å². The van der Waals surface area contributed by atoms with E-state index in [0.717, 1.165) is 26.2 Å². The van der Waals surface area contributed by atoms with Gasteiger partial charge in [-0.3, -0.25) is 4.90 Å². The smallest absolute Gasteiger partial charge is 0.337 e. The molecular formula is C13H21N5O2. The van der Waals surface area contributed by atoms with E-state index < -0.39 is 5.97 Å². The second-order valence-electron chi connectivity index (χ2n) is 5.24. The van der Waals surface area contributed by atoms with E-state index in [0.29, 0.717) is 11.9 Å². The molecule has 0 bridgehead atoms. The van der Waals surface area contributed by atoms with Crippen molar-refractivity contribution in [3.05, 3.63) is 17.8 Å². The number of hydrogen-bond acceptors (Lipinski definition) is 6. The molecule has 0 aliphatic carbocycles. The highest BCUT2D eigenvalue weighted by molar-refractivity contribution is 5.94. The minimum absolute atomic E-state index is 0.0802. The van der Waals surface area contributed by atoms with Crippen molar-refractivity contribution in [3.8, 4) is 0 Å². The van der Waals surface area contributed by atoms with E-state index in [9.17, 15) is 4.79 Å². The van der Waals surface area contributed by atoms with Gasteiger partial charge in [-0.15, -0.1) is 0 Å². The summed E-state index contributed by atoms with van der Waals surface area (Å²) >= 11 is 0. The zero-order chi connectivity index (χ0) is 14.7. The van der Waals surface area contributed by atoms with Crippen molar-refractivity contribution in [2.45, 2.75) is 6.04 Å². The summed E-state index contributed by atoms with van der Waals surface area (Å²) in [6, 6.07) is 1.85. The number of likely N-dealkylation sites (N-methyl/N-ethyl adjacent to an activating group) is 2. The predicted molar refractivity (Wildman–Crippen MR) is 78.0 cm³/mol. The Balaban J connectivity index is 2.00. The van der Waals surface area contributed by atoms with Crippen LogP contribution in [0.2, 0.25) is 0 Å². The number of piperazine rings is 1. The maximum Gasteiger partial charge on any atom is 0.337 e. The van der Waals surface area contributed by atoms with Crippen molar-refractivity contribution < 1.29 is 9.90 Å². The normalized spacial score (nSPS) is 20.8. The number of carboxylic acids is 1. The predicted octanol–water partition coefficient (Wildman–Crippen LogP) is 0.0197. The summed E-state index contributed by atoms with van der Waals surface area (Å²) in [6.07, 6.45) is 1.38. The zero-order valence-electron chi connectivity index (χ0n) is 11.8. The van der Waals surface area contributed by atoms with Gasteiger partial charge >= 0.3 is 5.97 Å². The van der Waals surface area contributed by atoms with Gasteiger partial charge in [-0.05, 0) is 20.2 Å². The lowest BCUT2D eigenvalue weighted by atomic mass is 10.2. The van der Waals surface area contributed by atoms with Crippen LogP contribution < -0.4 is 11.1 Å². The second-order valence-corrected chi connectivity index (χ2v) is 5.24. The summed E-state index contributed by atoms with van der Waals surface area (Å²) in [5.74, 6) is -0.499. The molecule has 1 aliphatic heterocycles. The molecule has 7 heteroatoms. The van der Waals surface area contributed by atoms with Crippen LogP contribution in [0.1, 0.15) is 10.4 Å². The van der Waals surface area contributed by atoms with Crippen LogP contribution in [0.15, 0.2) is 12.3 Å². The summed E-state index contributed by atoms with van der Waals surface area (Å²) in [7, 11) is 4.20. The molecule has 0 radical (unpaired) electrons. The van der Waals surface area contributed by atoms with Crippen LogP contribution in [-0.2, 0) is 0 Å². The molecule has 2 rings (SSSR count). The van der Waals surface area contributed by atoms with Crippen molar-refractivity contribution in [2.24, 2.45) is 0 Å². The van der Waals surface area contributed by atoms with Gasteiger partial charge in [-0.1, -0.05) is 0 Å². The number of anilines is 2. The maximum atomic E-state index is 11.0. The molecule has 0 spiro atoms. The Kier molecular flexibility index (Phi) is 4.41. The lowest BCUT2D eigenvalue weighted by Crippen LogP contribution is -2.52. The first-order chi connectivity index (χ1) is 9.47. The number of aromatic nitrogens is 1. The monoisotopic (exact) mass is 279 g/mol. The SMILES string of the molecule is CN1CCN(C)C(CNc2cc(C(=O)O)c(N)cn2)C1. The molecule has 7 nitrogen and oxygen atoms in total. The van der Waals surface area contributed by atoms with Gasteiger partial charge in [-0.2, -0.15) is 0 Å². The number of aromatic carboxylic acids is 1. The first-order valence-corrected chi connectivity index (χ1v) is 6.59. The van der Waals surface area contributed by atoms with Crippen molar-refractivity contribution in [3.63, 3.8) is 0 Å². The van der Waals surface area contributed by atoms with E-state index in [4.69, 9.17) is 10.8 Å². The Morgan fingerprint density at radius 1 is 1.55 bits per heavy atom. The van der Waals surface area contributed by atoms with Crippen molar-refractivity contribution in [1.82, 2.24) is 14.8 Å². The van der Waals surface area contributed by atoms with Gasteiger partial charge in [0.15, 0.2) is 0 Å². The molecule has 20 heavy (non-hydrogen) atoms. The second kappa shape index (κ2) is 6.06. The van der Waals surface area contributed by atoms with Gasteiger partial charge in [0.05, 0.1) is 17.4 Å². The van der Waals surface area contributed by atoms with Crippen molar-refractivity contribution in [1.29, 1.82) is 0 Å². The highest BCUT2D eigenvalue weighted by Crippen LogP contribution is 2.15. The van der Waals surface area contributed by atoms with E-state index in [2.05, 4.69) is 34.2 Å². The zero-order valence-corrected chi connectivity index (χ0v) is 11.8. The minimum atomic E-state index is -1.04. The summed E-state index contributed by atoms with van der Waals surface area (Å²) < 4.78 is 0. The van der Waals surface area contributed by atoms with E-state index in [1.807, 2.05) is 0 Å². The number of nitrogens with one attached hydrogen (secondary N) is 1. The molecule has 1 aliphatic rings. The molecule has 1 fully saturated rings. The third-order valence-corrected chi connectivity index (χ3v) is 3.66. The molecule has 1 aromatic heterocycles. The molecule has 4 N–H and O–H groups in total. The Morgan fingerprint density at radius 3 is 3.00 bits per heavy atom. The molecule has 1 saturated heterocycles. The lowest BCUT2D eigenvalue weighted by Gasteiger charge is -2.37. The molecule has 1 aromatic rings. The van der Waals surface area contributed by atoms with Crippen LogP contribution >= 0.6 is 0 Å². The Bertz CT molecular complexity index is 494. The summed E-state index contributed by atoms with van der Waals surface area (Å²) in [4.78, 5) is 19.7.